The first kappa shape index (κ1) is 13.6. The third-order valence-corrected chi connectivity index (χ3v) is 3.34. The van der Waals surface area contributed by atoms with Crippen molar-refractivity contribution < 1.29 is 4.74 Å². The summed E-state index contributed by atoms with van der Waals surface area (Å²) >= 11 is 6.02. The first-order valence-electron chi connectivity index (χ1n) is 5.93. The fourth-order valence-corrected chi connectivity index (χ4v) is 2.10. The minimum Gasteiger partial charge on any atom is -0.496 e. The highest BCUT2D eigenvalue weighted by atomic mass is 35.5. The van der Waals surface area contributed by atoms with Gasteiger partial charge in [0.15, 0.2) is 0 Å². The molecule has 4 nitrogen and oxygen atoms in total. The zero-order valence-corrected chi connectivity index (χ0v) is 12.0. The molecular weight excluding hydrogens is 262 g/mol. The van der Waals surface area contributed by atoms with E-state index in [1.165, 1.54) is 6.33 Å². The normalized spacial score (nSPS) is 10.3. The Morgan fingerprint density at radius 3 is 2.74 bits per heavy atom. The number of hydrogen-bond donors (Lipinski definition) is 0. The molecular formula is C14H16ClN3O. The van der Waals surface area contributed by atoms with Crippen molar-refractivity contribution in [2.24, 2.45) is 0 Å². The van der Waals surface area contributed by atoms with Crippen molar-refractivity contribution >= 4 is 17.4 Å². The number of para-hydroxylation sites is 1. The Morgan fingerprint density at radius 1 is 1.26 bits per heavy atom. The van der Waals surface area contributed by atoms with Crippen LogP contribution >= 0.6 is 11.6 Å². The molecule has 100 valence electrons. The molecule has 0 bridgehead atoms. The molecule has 0 aliphatic rings. The van der Waals surface area contributed by atoms with Crippen LogP contribution in [0, 0.1) is 6.92 Å². The fourth-order valence-electron chi connectivity index (χ4n) is 1.97. The third-order valence-electron chi connectivity index (χ3n) is 2.96. The molecule has 0 aliphatic heterocycles. The van der Waals surface area contributed by atoms with Crippen LogP contribution in [0.5, 0.6) is 5.75 Å². The average molecular weight is 278 g/mol. The standard InChI is InChI=1S/C14H16ClN3O/c1-10-13(15)16-9-17-14(10)18(2)8-11-6-4-5-7-12(11)19-3/h4-7,9H,8H2,1-3H3. The molecule has 0 spiro atoms. The number of nitrogens with zero attached hydrogens (tertiary/aromatic N) is 3. The Bertz CT molecular complexity index is 574. The van der Waals surface area contributed by atoms with Gasteiger partial charge in [0.2, 0.25) is 0 Å². The highest BCUT2D eigenvalue weighted by Crippen LogP contribution is 2.25. The molecule has 1 aromatic carbocycles. The van der Waals surface area contributed by atoms with Gasteiger partial charge in [0, 0.05) is 24.7 Å². The monoisotopic (exact) mass is 277 g/mol. The highest BCUT2D eigenvalue weighted by molar-refractivity contribution is 6.30. The zero-order valence-electron chi connectivity index (χ0n) is 11.2. The van der Waals surface area contributed by atoms with Crippen molar-refractivity contribution in [3.05, 3.63) is 46.9 Å². The lowest BCUT2D eigenvalue weighted by atomic mass is 10.2. The Kier molecular flexibility index (Phi) is 4.22. The van der Waals surface area contributed by atoms with E-state index in [0.29, 0.717) is 11.7 Å². The van der Waals surface area contributed by atoms with Gasteiger partial charge in [-0.1, -0.05) is 29.8 Å². The second-order valence-electron chi connectivity index (χ2n) is 4.28. The van der Waals surface area contributed by atoms with E-state index in [1.807, 2.05) is 43.1 Å². The van der Waals surface area contributed by atoms with Gasteiger partial charge in [-0.2, -0.15) is 0 Å². The van der Waals surface area contributed by atoms with Crippen LogP contribution in [-0.4, -0.2) is 24.1 Å². The number of hydrogen-bond acceptors (Lipinski definition) is 4. The highest BCUT2D eigenvalue weighted by Gasteiger charge is 2.12. The van der Waals surface area contributed by atoms with Crippen molar-refractivity contribution in [2.45, 2.75) is 13.5 Å². The molecule has 1 aromatic heterocycles. The Balaban J connectivity index is 2.26. The molecule has 0 amide bonds. The second-order valence-corrected chi connectivity index (χ2v) is 4.64. The van der Waals surface area contributed by atoms with E-state index >= 15 is 0 Å². The first-order valence-corrected chi connectivity index (χ1v) is 6.31. The zero-order chi connectivity index (χ0) is 13.8. The smallest absolute Gasteiger partial charge is 0.137 e. The quantitative estimate of drug-likeness (QED) is 0.805. The second kappa shape index (κ2) is 5.89. The van der Waals surface area contributed by atoms with Crippen LogP contribution < -0.4 is 9.64 Å². The van der Waals surface area contributed by atoms with Crippen LogP contribution in [0.25, 0.3) is 0 Å². The largest absolute Gasteiger partial charge is 0.496 e. The number of ether oxygens (including phenoxy) is 1. The summed E-state index contributed by atoms with van der Waals surface area (Å²) in [5, 5.41) is 0.483. The van der Waals surface area contributed by atoms with E-state index in [2.05, 4.69) is 9.97 Å². The average Bonchev–Trinajstić information content (AvgIpc) is 2.42. The topological polar surface area (TPSA) is 38.2 Å². The maximum absolute atomic E-state index is 6.02. The number of methoxy groups -OCH3 is 1. The van der Waals surface area contributed by atoms with Crippen LogP contribution in [-0.2, 0) is 6.54 Å². The number of halogens is 1. The molecule has 0 unspecified atom stereocenters. The van der Waals surface area contributed by atoms with E-state index in [0.717, 1.165) is 22.7 Å². The molecule has 0 saturated carbocycles. The Hall–Kier alpha value is -1.81. The van der Waals surface area contributed by atoms with Gasteiger partial charge >= 0.3 is 0 Å². The molecule has 2 aromatic rings. The summed E-state index contributed by atoms with van der Waals surface area (Å²) in [5.41, 5.74) is 1.98. The molecule has 0 aliphatic carbocycles. The van der Waals surface area contributed by atoms with Crippen LogP contribution in [0.3, 0.4) is 0 Å². The van der Waals surface area contributed by atoms with Gasteiger partial charge in [0.1, 0.15) is 23.0 Å². The molecule has 5 heteroatoms. The summed E-state index contributed by atoms with van der Waals surface area (Å²) in [4.78, 5) is 10.3. The number of anilines is 1. The van der Waals surface area contributed by atoms with Gasteiger partial charge in [0.25, 0.3) is 0 Å². The molecule has 0 atom stereocenters. The van der Waals surface area contributed by atoms with Crippen molar-refractivity contribution in [1.29, 1.82) is 0 Å². The Labute approximate surface area is 118 Å². The van der Waals surface area contributed by atoms with Gasteiger partial charge in [-0.15, -0.1) is 0 Å². The van der Waals surface area contributed by atoms with E-state index in [4.69, 9.17) is 16.3 Å². The predicted octanol–water partition coefficient (Wildman–Crippen LogP) is 3.08. The van der Waals surface area contributed by atoms with Crippen LogP contribution in [0.4, 0.5) is 5.82 Å². The maximum atomic E-state index is 6.02. The fraction of sp³-hybridized carbons (Fsp3) is 0.286. The minimum atomic E-state index is 0.483. The predicted molar refractivity (Wildman–Crippen MR) is 76.9 cm³/mol. The van der Waals surface area contributed by atoms with Crippen LogP contribution in [0.2, 0.25) is 5.15 Å². The number of benzene rings is 1. The van der Waals surface area contributed by atoms with Gasteiger partial charge in [-0.25, -0.2) is 9.97 Å². The summed E-state index contributed by atoms with van der Waals surface area (Å²) in [6.07, 6.45) is 1.48. The minimum absolute atomic E-state index is 0.483. The van der Waals surface area contributed by atoms with Gasteiger partial charge in [-0.3, -0.25) is 0 Å². The van der Waals surface area contributed by atoms with Crippen molar-refractivity contribution in [1.82, 2.24) is 9.97 Å². The summed E-state index contributed by atoms with van der Waals surface area (Å²) in [6, 6.07) is 7.93. The molecule has 0 N–H and O–H groups in total. The van der Waals surface area contributed by atoms with Crippen molar-refractivity contribution in [3.63, 3.8) is 0 Å². The molecule has 0 radical (unpaired) electrons. The van der Waals surface area contributed by atoms with E-state index in [-0.39, 0.29) is 0 Å². The molecule has 1 heterocycles. The van der Waals surface area contributed by atoms with Crippen LogP contribution in [0.1, 0.15) is 11.1 Å². The Morgan fingerprint density at radius 2 is 2.00 bits per heavy atom. The molecule has 2 rings (SSSR count). The number of aromatic nitrogens is 2. The summed E-state index contributed by atoms with van der Waals surface area (Å²) in [7, 11) is 3.64. The first-order chi connectivity index (χ1) is 9.13. The lowest BCUT2D eigenvalue weighted by Crippen LogP contribution is -2.19. The molecule has 19 heavy (non-hydrogen) atoms. The van der Waals surface area contributed by atoms with Crippen molar-refractivity contribution in [3.8, 4) is 5.75 Å². The van der Waals surface area contributed by atoms with Crippen molar-refractivity contribution in [2.75, 3.05) is 19.1 Å². The summed E-state index contributed by atoms with van der Waals surface area (Å²) < 4.78 is 5.35. The van der Waals surface area contributed by atoms with E-state index < -0.39 is 0 Å². The van der Waals surface area contributed by atoms with Gasteiger partial charge < -0.3 is 9.64 Å². The summed E-state index contributed by atoms with van der Waals surface area (Å²) in [6.45, 7) is 2.61. The van der Waals surface area contributed by atoms with Gasteiger partial charge in [0.05, 0.1) is 7.11 Å². The SMILES string of the molecule is COc1ccccc1CN(C)c1ncnc(Cl)c1C. The summed E-state index contributed by atoms with van der Waals surface area (Å²) in [5.74, 6) is 1.69. The third kappa shape index (κ3) is 2.96. The lowest BCUT2D eigenvalue weighted by Gasteiger charge is -2.21. The molecule has 0 saturated heterocycles. The van der Waals surface area contributed by atoms with E-state index in [1.54, 1.807) is 7.11 Å². The number of rotatable bonds is 4. The lowest BCUT2D eigenvalue weighted by molar-refractivity contribution is 0.409. The molecule has 0 fully saturated rings. The maximum Gasteiger partial charge on any atom is 0.137 e. The van der Waals surface area contributed by atoms with E-state index in [9.17, 15) is 0 Å². The van der Waals surface area contributed by atoms with Crippen LogP contribution in [0.15, 0.2) is 30.6 Å². The van der Waals surface area contributed by atoms with Gasteiger partial charge in [-0.05, 0) is 13.0 Å².